The third kappa shape index (κ3) is 4.93. The minimum Gasteiger partial charge on any atom is -0.353 e. The van der Waals surface area contributed by atoms with Crippen LogP contribution in [0.2, 0.25) is 0 Å². The lowest BCUT2D eigenvalue weighted by molar-refractivity contribution is -0.124. The molecule has 3 aromatic rings. The number of hydrogen-bond donors (Lipinski definition) is 1. The van der Waals surface area contributed by atoms with Crippen molar-refractivity contribution in [2.45, 2.75) is 31.7 Å². The molecule has 3 nitrogen and oxygen atoms in total. The van der Waals surface area contributed by atoms with E-state index in [1.54, 1.807) is 0 Å². The summed E-state index contributed by atoms with van der Waals surface area (Å²) in [4.78, 5) is 15.1. The summed E-state index contributed by atoms with van der Waals surface area (Å²) in [6.07, 6.45) is 4.35. The molecule has 3 aromatic carbocycles. The number of benzene rings is 3. The third-order valence-corrected chi connectivity index (χ3v) is 6.36. The van der Waals surface area contributed by atoms with Gasteiger partial charge in [-0.15, -0.1) is 0 Å². The summed E-state index contributed by atoms with van der Waals surface area (Å²) in [6, 6.07) is 29.2. The molecule has 0 saturated heterocycles. The fourth-order valence-corrected chi connectivity index (χ4v) is 4.53. The summed E-state index contributed by atoms with van der Waals surface area (Å²) in [5.74, 6) is 0.358. The molecule has 1 aliphatic rings. The predicted molar refractivity (Wildman–Crippen MR) is 127 cm³/mol. The number of rotatable bonds is 7. The number of nitrogens with zero attached hydrogens (tertiary/aromatic N) is 1. The molecule has 0 bridgehead atoms. The molecule has 0 heterocycles. The molecular formula is C26H27BrN2O. The lowest BCUT2D eigenvalue weighted by Gasteiger charge is -2.35. The van der Waals surface area contributed by atoms with Crippen molar-refractivity contribution < 1.29 is 4.79 Å². The Morgan fingerprint density at radius 3 is 2.07 bits per heavy atom. The number of anilines is 2. The van der Waals surface area contributed by atoms with E-state index in [9.17, 15) is 4.79 Å². The van der Waals surface area contributed by atoms with Crippen LogP contribution in [0.15, 0.2) is 89.4 Å². The van der Waals surface area contributed by atoms with Crippen molar-refractivity contribution >= 4 is 33.2 Å². The largest absolute Gasteiger partial charge is 0.353 e. The van der Waals surface area contributed by atoms with Crippen LogP contribution in [-0.4, -0.2) is 12.5 Å². The number of halogens is 1. The average Bonchev–Trinajstić information content (AvgIpc) is 3.34. The van der Waals surface area contributed by atoms with Crippen LogP contribution < -0.4 is 10.2 Å². The maximum absolute atomic E-state index is 12.8. The fraction of sp³-hybridized carbons (Fsp3) is 0.269. The van der Waals surface area contributed by atoms with Crippen LogP contribution in [0, 0.1) is 5.92 Å². The molecule has 1 saturated carbocycles. The SMILES string of the molecule is O=C(NCC(c1ccccc1)N(c1ccccc1)c1ccc(Br)cc1)C1CCCC1. The third-order valence-electron chi connectivity index (χ3n) is 5.83. The van der Waals surface area contributed by atoms with Crippen LogP contribution in [0.3, 0.4) is 0 Å². The summed E-state index contributed by atoms with van der Waals surface area (Å²) in [6.45, 7) is 0.560. The van der Waals surface area contributed by atoms with Crippen LogP contribution in [0.5, 0.6) is 0 Å². The van der Waals surface area contributed by atoms with Crippen molar-refractivity contribution in [3.05, 3.63) is 95.0 Å². The summed E-state index contributed by atoms with van der Waals surface area (Å²) in [5, 5.41) is 3.26. The molecule has 154 valence electrons. The predicted octanol–water partition coefficient (Wildman–Crippen LogP) is 6.63. The standard InChI is InChI=1S/C26H27BrN2O/c27-22-15-17-24(18-16-22)29(23-13-5-2-6-14-23)25(20-9-3-1-4-10-20)19-28-26(30)21-11-7-8-12-21/h1-6,9-10,13-18,21,25H,7-8,11-12,19H2,(H,28,30). The number of carbonyl (C=O) groups is 1. The van der Waals surface area contributed by atoms with Gasteiger partial charge in [0.15, 0.2) is 0 Å². The number of para-hydroxylation sites is 1. The van der Waals surface area contributed by atoms with Gasteiger partial charge in [0.25, 0.3) is 0 Å². The molecule has 30 heavy (non-hydrogen) atoms. The molecule has 4 rings (SSSR count). The first-order valence-corrected chi connectivity index (χ1v) is 11.4. The van der Waals surface area contributed by atoms with E-state index in [1.165, 1.54) is 5.56 Å². The lowest BCUT2D eigenvalue weighted by Crippen LogP contribution is -2.38. The Hall–Kier alpha value is -2.59. The summed E-state index contributed by atoms with van der Waals surface area (Å²) >= 11 is 3.54. The van der Waals surface area contributed by atoms with Gasteiger partial charge in [-0.2, -0.15) is 0 Å². The van der Waals surface area contributed by atoms with Crippen molar-refractivity contribution in [3.8, 4) is 0 Å². The molecule has 0 spiro atoms. The van der Waals surface area contributed by atoms with Crippen LogP contribution in [-0.2, 0) is 4.79 Å². The Kier molecular flexibility index (Phi) is 6.85. The van der Waals surface area contributed by atoms with Gasteiger partial charge < -0.3 is 10.2 Å². The molecule has 1 amide bonds. The van der Waals surface area contributed by atoms with Gasteiger partial charge in [0.1, 0.15) is 0 Å². The Bertz CT molecular complexity index is 938. The quantitative estimate of drug-likeness (QED) is 0.426. The monoisotopic (exact) mass is 462 g/mol. The van der Waals surface area contributed by atoms with E-state index < -0.39 is 0 Å². The highest BCUT2D eigenvalue weighted by molar-refractivity contribution is 9.10. The zero-order valence-electron chi connectivity index (χ0n) is 17.0. The first kappa shape index (κ1) is 20.7. The molecule has 0 radical (unpaired) electrons. The zero-order chi connectivity index (χ0) is 20.8. The van der Waals surface area contributed by atoms with Gasteiger partial charge >= 0.3 is 0 Å². The minimum absolute atomic E-state index is 0.0138. The van der Waals surface area contributed by atoms with E-state index in [1.807, 2.05) is 12.1 Å². The molecule has 1 N–H and O–H groups in total. The lowest BCUT2D eigenvalue weighted by atomic mass is 10.0. The summed E-state index contributed by atoms with van der Waals surface area (Å²) in [5.41, 5.74) is 3.37. The van der Waals surface area contributed by atoms with Crippen molar-refractivity contribution in [2.24, 2.45) is 5.92 Å². The number of nitrogens with one attached hydrogen (secondary N) is 1. The van der Waals surface area contributed by atoms with Crippen molar-refractivity contribution in [2.75, 3.05) is 11.4 Å². The molecule has 1 unspecified atom stereocenters. The maximum atomic E-state index is 12.8. The first-order chi connectivity index (χ1) is 14.7. The Balaban J connectivity index is 1.69. The number of amides is 1. The van der Waals surface area contributed by atoms with E-state index >= 15 is 0 Å². The van der Waals surface area contributed by atoms with Gasteiger partial charge in [0.2, 0.25) is 5.91 Å². The average molecular weight is 463 g/mol. The first-order valence-electron chi connectivity index (χ1n) is 10.6. The van der Waals surface area contributed by atoms with Crippen molar-refractivity contribution in [1.82, 2.24) is 5.32 Å². The highest BCUT2D eigenvalue weighted by Crippen LogP contribution is 2.35. The van der Waals surface area contributed by atoms with Gasteiger partial charge in [-0.3, -0.25) is 4.79 Å². The van der Waals surface area contributed by atoms with E-state index in [-0.39, 0.29) is 17.9 Å². The van der Waals surface area contributed by atoms with Gasteiger partial charge in [-0.1, -0.05) is 77.3 Å². The van der Waals surface area contributed by atoms with Crippen LogP contribution in [0.25, 0.3) is 0 Å². The van der Waals surface area contributed by atoms with E-state index in [0.29, 0.717) is 6.54 Å². The van der Waals surface area contributed by atoms with Gasteiger partial charge in [0, 0.05) is 28.3 Å². The van der Waals surface area contributed by atoms with Crippen molar-refractivity contribution in [1.29, 1.82) is 0 Å². The second-order valence-electron chi connectivity index (χ2n) is 7.83. The Labute approximate surface area is 187 Å². The smallest absolute Gasteiger partial charge is 0.223 e. The summed E-state index contributed by atoms with van der Waals surface area (Å²) < 4.78 is 1.05. The van der Waals surface area contributed by atoms with Crippen LogP contribution >= 0.6 is 15.9 Å². The second-order valence-corrected chi connectivity index (χ2v) is 8.75. The molecule has 0 aromatic heterocycles. The Morgan fingerprint density at radius 2 is 1.43 bits per heavy atom. The van der Waals surface area contributed by atoms with Gasteiger partial charge in [-0.05, 0) is 54.8 Å². The van der Waals surface area contributed by atoms with E-state index in [4.69, 9.17) is 0 Å². The molecular weight excluding hydrogens is 436 g/mol. The topological polar surface area (TPSA) is 32.3 Å². The normalized spacial score (nSPS) is 15.0. The van der Waals surface area contributed by atoms with Crippen molar-refractivity contribution in [3.63, 3.8) is 0 Å². The number of carbonyl (C=O) groups excluding carboxylic acids is 1. The highest BCUT2D eigenvalue weighted by atomic mass is 79.9. The summed E-state index contributed by atoms with van der Waals surface area (Å²) in [7, 11) is 0. The van der Waals surface area contributed by atoms with Crippen LogP contribution in [0.4, 0.5) is 11.4 Å². The van der Waals surface area contributed by atoms with E-state index in [2.05, 4.69) is 98.9 Å². The molecule has 4 heteroatoms. The van der Waals surface area contributed by atoms with E-state index in [0.717, 1.165) is 41.5 Å². The highest BCUT2D eigenvalue weighted by Gasteiger charge is 2.26. The molecule has 1 aliphatic carbocycles. The minimum atomic E-state index is -0.0138. The van der Waals surface area contributed by atoms with Gasteiger partial charge in [0.05, 0.1) is 6.04 Å². The molecule has 0 aliphatic heterocycles. The zero-order valence-corrected chi connectivity index (χ0v) is 18.6. The number of hydrogen-bond acceptors (Lipinski definition) is 2. The second kappa shape index (κ2) is 9.94. The van der Waals surface area contributed by atoms with Crippen LogP contribution in [0.1, 0.15) is 37.3 Å². The molecule has 1 atom stereocenters. The van der Waals surface area contributed by atoms with Gasteiger partial charge in [-0.25, -0.2) is 0 Å². The Morgan fingerprint density at radius 1 is 0.867 bits per heavy atom. The molecule has 1 fully saturated rings. The maximum Gasteiger partial charge on any atom is 0.223 e. The fourth-order valence-electron chi connectivity index (χ4n) is 4.26.